The molecule has 0 radical (unpaired) electrons. The second kappa shape index (κ2) is 4.03. The van der Waals surface area contributed by atoms with Crippen LogP contribution in [0.2, 0.25) is 0 Å². The fourth-order valence-corrected chi connectivity index (χ4v) is 1.44. The predicted octanol–water partition coefficient (Wildman–Crippen LogP) is 2.93. The van der Waals surface area contributed by atoms with Crippen molar-refractivity contribution in [1.29, 1.82) is 0 Å². The molecule has 1 rings (SSSR count). The van der Waals surface area contributed by atoms with Gasteiger partial charge in [0.1, 0.15) is 5.84 Å². The lowest BCUT2D eigenvalue weighted by molar-refractivity contribution is 0.705. The van der Waals surface area contributed by atoms with Crippen LogP contribution in [-0.2, 0) is 0 Å². The van der Waals surface area contributed by atoms with Crippen molar-refractivity contribution in [3.8, 4) is 0 Å². The maximum Gasteiger partial charge on any atom is 0.126 e. The lowest BCUT2D eigenvalue weighted by Gasteiger charge is -2.21. The highest BCUT2D eigenvalue weighted by atomic mass is 15.0. The summed E-state index contributed by atoms with van der Waals surface area (Å²) in [5.41, 5.74) is 1.31. The minimum atomic E-state index is 0.423. The molecule has 0 aromatic rings. The maximum absolute atomic E-state index is 4.60. The van der Waals surface area contributed by atoms with E-state index in [-0.39, 0.29) is 0 Å². The molecule has 0 N–H and O–H groups in total. The van der Waals surface area contributed by atoms with Crippen LogP contribution in [0.1, 0.15) is 41.0 Å². The third-order valence-corrected chi connectivity index (χ3v) is 2.30. The minimum Gasteiger partial charge on any atom is -0.267 e. The van der Waals surface area contributed by atoms with Crippen LogP contribution in [0, 0.1) is 11.8 Å². The van der Waals surface area contributed by atoms with Crippen molar-refractivity contribution in [2.24, 2.45) is 21.8 Å². The highest BCUT2D eigenvalue weighted by Crippen LogP contribution is 2.16. The number of hydrogen-bond donors (Lipinski definition) is 0. The summed E-state index contributed by atoms with van der Waals surface area (Å²) in [4.78, 5) is 9.14. The van der Waals surface area contributed by atoms with Gasteiger partial charge in [0.05, 0.1) is 6.04 Å². The zero-order valence-corrected chi connectivity index (χ0v) is 9.33. The molecular weight excluding hydrogens is 160 g/mol. The Bertz CT molecular complexity index is 236. The summed E-state index contributed by atoms with van der Waals surface area (Å²) >= 11 is 0. The Balaban J connectivity index is 2.85. The molecule has 74 valence electrons. The highest BCUT2D eigenvalue weighted by molar-refractivity contribution is 6.01. The SMILES string of the molecule is CC1CC(C(C)C)=NC(C(C)C)=N1. The van der Waals surface area contributed by atoms with Gasteiger partial charge in [0.15, 0.2) is 0 Å². The largest absolute Gasteiger partial charge is 0.267 e. The van der Waals surface area contributed by atoms with E-state index in [4.69, 9.17) is 0 Å². The summed E-state index contributed by atoms with van der Waals surface area (Å²) in [6, 6.07) is 0.423. The molecule has 13 heavy (non-hydrogen) atoms. The highest BCUT2D eigenvalue weighted by Gasteiger charge is 2.18. The van der Waals surface area contributed by atoms with E-state index >= 15 is 0 Å². The van der Waals surface area contributed by atoms with Gasteiger partial charge in [0.25, 0.3) is 0 Å². The van der Waals surface area contributed by atoms with Crippen LogP contribution >= 0.6 is 0 Å². The van der Waals surface area contributed by atoms with Gasteiger partial charge in [-0.1, -0.05) is 27.7 Å². The predicted molar refractivity (Wildman–Crippen MR) is 58.6 cm³/mol. The van der Waals surface area contributed by atoms with Crippen molar-refractivity contribution in [2.75, 3.05) is 0 Å². The first-order valence-corrected chi connectivity index (χ1v) is 5.15. The first-order chi connectivity index (χ1) is 6.00. The smallest absolute Gasteiger partial charge is 0.126 e. The van der Waals surface area contributed by atoms with Gasteiger partial charge < -0.3 is 0 Å². The van der Waals surface area contributed by atoms with Crippen molar-refractivity contribution < 1.29 is 0 Å². The summed E-state index contributed by atoms with van der Waals surface area (Å²) in [6.45, 7) is 10.9. The van der Waals surface area contributed by atoms with Crippen LogP contribution in [0.25, 0.3) is 0 Å². The van der Waals surface area contributed by atoms with Crippen LogP contribution in [0.4, 0.5) is 0 Å². The molecular formula is C11H20N2. The Hall–Kier alpha value is -0.660. The molecule has 1 atom stereocenters. The van der Waals surface area contributed by atoms with E-state index in [2.05, 4.69) is 44.6 Å². The van der Waals surface area contributed by atoms with E-state index in [9.17, 15) is 0 Å². The zero-order valence-electron chi connectivity index (χ0n) is 9.33. The third kappa shape index (κ3) is 2.64. The molecule has 0 fully saturated rings. The van der Waals surface area contributed by atoms with Crippen LogP contribution in [-0.4, -0.2) is 17.6 Å². The van der Waals surface area contributed by atoms with Crippen molar-refractivity contribution in [3.63, 3.8) is 0 Å². The van der Waals surface area contributed by atoms with Crippen LogP contribution in [0.3, 0.4) is 0 Å². The number of nitrogens with zero attached hydrogens (tertiary/aromatic N) is 2. The molecule has 2 heteroatoms. The molecule has 1 unspecified atom stereocenters. The van der Waals surface area contributed by atoms with Gasteiger partial charge in [0, 0.05) is 18.1 Å². The molecule has 0 bridgehead atoms. The van der Waals surface area contributed by atoms with Gasteiger partial charge in [-0.15, -0.1) is 0 Å². The first kappa shape index (κ1) is 10.4. The number of aliphatic imine (C=N–C) groups is 2. The summed E-state index contributed by atoms with van der Waals surface area (Å²) in [6.07, 6.45) is 1.04. The average molecular weight is 180 g/mol. The standard InChI is InChI=1S/C11H20N2/c1-7(2)10-6-9(5)12-11(13-10)8(3)4/h7-9H,6H2,1-5H3. The van der Waals surface area contributed by atoms with Crippen molar-refractivity contribution in [2.45, 2.75) is 47.1 Å². The quantitative estimate of drug-likeness (QED) is 0.624. The third-order valence-electron chi connectivity index (χ3n) is 2.30. The number of amidine groups is 1. The Morgan fingerprint density at radius 3 is 2.23 bits per heavy atom. The first-order valence-electron chi connectivity index (χ1n) is 5.15. The number of hydrogen-bond acceptors (Lipinski definition) is 2. The fraction of sp³-hybridized carbons (Fsp3) is 0.818. The Morgan fingerprint density at radius 2 is 1.77 bits per heavy atom. The molecule has 1 aliphatic heterocycles. The van der Waals surface area contributed by atoms with Gasteiger partial charge in [-0.3, -0.25) is 4.99 Å². The molecule has 0 aromatic heterocycles. The van der Waals surface area contributed by atoms with E-state index < -0.39 is 0 Å². The molecule has 0 spiro atoms. The lowest BCUT2D eigenvalue weighted by Crippen LogP contribution is -2.24. The Kier molecular flexibility index (Phi) is 3.23. The lowest BCUT2D eigenvalue weighted by atomic mass is 9.99. The van der Waals surface area contributed by atoms with Gasteiger partial charge in [-0.2, -0.15) is 0 Å². The summed E-state index contributed by atoms with van der Waals surface area (Å²) in [7, 11) is 0. The van der Waals surface area contributed by atoms with Gasteiger partial charge in [-0.25, -0.2) is 4.99 Å². The van der Waals surface area contributed by atoms with Crippen molar-refractivity contribution in [1.82, 2.24) is 0 Å². The monoisotopic (exact) mass is 180 g/mol. The fourth-order valence-electron chi connectivity index (χ4n) is 1.44. The number of rotatable bonds is 2. The topological polar surface area (TPSA) is 24.7 Å². The summed E-state index contributed by atoms with van der Waals surface area (Å²) in [5.74, 6) is 2.05. The van der Waals surface area contributed by atoms with Gasteiger partial charge in [-0.05, 0) is 12.8 Å². The van der Waals surface area contributed by atoms with E-state index in [0.717, 1.165) is 12.3 Å². The van der Waals surface area contributed by atoms with Gasteiger partial charge in [0.2, 0.25) is 0 Å². The van der Waals surface area contributed by atoms with Crippen molar-refractivity contribution in [3.05, 3.63) is 0 Å². The molecule has 0 amide bonds. The molecule has 0 saturated heterocycles. The average Bonchev–Trinajstić information content (AvgIpc) is 2.03. The Morgan fingerprint density at radius 1 is 1.15 bits per heavy atom. The molecule has 0 aliphatic carbocycles. The normalized spacial score (nSPS) is 23.5. The van der Waals surface area contributed by atoms with E-state index in [1.165, 1.54) is 5.71 Å². The molecule has 0 aromatic carbocycles. The zero-order chi connectivity index (χ0) is 10.0. The second-order valence-corrected chi connectivity index (χ2v) is 4.45. The second-order valence-electron chi connectivity index (χ2n) is 4.45. The Labute approximate surface area is 81.2 Å². The molecule has 0 saturated carbocycles. The van der Waals surface area contributed by atoms with E-state index in [1.807, 2.05) is 0 Å². The molecule has 1 aliphatic rings. The van der Waals surface area contributed by atoms with Crippen LogP contribution < -0.4 is 0 Å². The van der Waals surface area contributed by atoms with Crippen molar-refractivity contribution >= 4 is 11.5 Å². The van der Waals surface area contributed by atoms with Crippen LogP contribution in [0.5, 0.6) is 0 Å². The molecule has 2 nitrogen and oxygen atoms in total. The summed E-state index contributed by atoms with van der Waals surface area (Å²) in [5, 5.41) is 0. The van der Waals surface area contributed by atoms with E-state index in [1.54, 1.807) is 0 Å². The minimum absolute atomic E-state index is 0.423. The summed E-state index contributed by atoms with van der Waals surface area (Å²) < 4.78 is 0. The van der Waals surface area contributed by atoms with E-state index in [0.29, 0.717) is 17.9 Å². The molecule has 1 heterocycles. The van der Waals surface area contributed by atoms with Crippen LogP contribution in [0.15, 0.2) is 9.98 Å². The van der Waals surface area contributed by atoms with Gasteiger partial charge >= 0.3 is 0 Å². The maximum atomic E-state index is 4.60.